The van der Waals surface area contributed by atoms with Crippen LogP contribution >= 0.6 is 15.9 Å². The number of hydrogen-bond acceptors (Lipinski definition) is 2. The minimum atomic E-state index is -0.168. The van der Waals surface area contributed by atoms with E-state index in [2.05, 4.69) is 22.9 Å². The van der Waals surface area contributed by atoms with E-state index in [0.717, 1.165) is 35.7 Å². The molecule has 0 bridgehead atoms. The number of rotatable bonds is 2. The largest absolute Gasteiger partial charge is 0.399 e. The third-order valence-electron chi connectivity index (χ3n) is 3.49. The van der Waals surface area contributed by atoms with Crippen molar-refractivity contribution < 1.29 is 4.79 Å². The Balaban J connectivity index is 2.33. The van der Waals surface area contributed by atoms with Gasteiger partial charge in [-0.3, -0.25) is 4.79 Å². The number of carbonyl (C=O) groups is 1. The first-order chi connectivity index (χ1) is 7.53. The summed E-state index contributed by atoms with van der Waals surface area (Å²) in [5, 5.41) is 0. The molecule has 1 saturated carbocycles. The van der Waals surface area contributed by atoms with Crippen LogP contribution in [0.1, 0.15) is 43.0 Å². The van der Waals surface area contributed by atoms with Crippen molar-refractivity contribution in [2.75, 3.05) is 5.73 Å². The quantitative estimate of drug-likeness (QED) is 0.662. The summed E-state index contributed by atoms with van der Waals surface area (Å²) in [6.07, 6.45) is 4.33. The van der Waals surface area contributed by atoms with Gasteiger partial charge < -0.3 is 5.73 Å². The molecule has 0 unspecified atom stereocenters. The van der Waals surface area contributed by atoms with E-state index in [1.54, 1.807) is 12.1 Å². The van der Waals surface area contributed by atoms with Crippen molar-refractivity contribution in [2.45, 2.75) is 32.6 Å². The maximum atomic E-state index is 12.4. The molecule has 86 valence electrons. The Kier molecular flexibility index (Phi) is 3.06. The van der Waals surface area contributed by atoms with Crippen LogP contribution in [0.2, 0.25) is 0 Å². The van der Waals surface area contributed by atoms with E-state index in [1.165, 1.54) is 0 Å². The van der Waals surface area contributed by atoms with Crippen molar-refractivity contribution in [3.05, 3.63) is 28.2 Å². The topological polar surface area (TPSA) is 43.1 Å². The molecule has 1 aromatic carbocycles. The molecule has 0 radical (unpaired) electrons. The second kappa shape index (κ2) is 4.21. The Hall–Kier alpha value is -0.830. The van der Waals surface area contributed by atoms with Crippen molar-refractivity contribution in [2.24, 2.45) is 5.41 Å². The summed E-state index contributed by atoms with van der Waals surface area (Å²) in [5.74, 6) is 0.247. The van der Waals surface area contributed by atoms with E-state index in [0.29, 0.717) is 5.69 Å². The van der Waals surface area contributed by atoms with E-state index in [9.17, 15) is 4.79 Å². The van der Waals surface area contributed by atoms with Crippen molar-refractivity contribution in [3.8, 4) is 0 Å². The van der Waals surface area contributed by atoms with Gasteiger partial charge in [0.15, 0.2) is 5.78 Å². The van der Waals surface area contributed by atoms with Gasteiger partial charge in [0.2, 0.25) is 0 Å². The summed E-state index contributed by atoms with van der Waals surface area (Å²) in [4.78, 5) is 12.4. The third kappa shape index (κ3) is 2.01. The highest BCUT2D eigenvalue weighted by Crippen LogP contribution is 2.41. The number of hydrogen-bond donors (Lipinski definition) is 1. The number of nitrogen functional groups attached to an aromatic ring is 1. The fourth-order valence-corrected chi connectivity index (χ4v) is 3.00. The van der Waals surface area contributed by atoms with Gasteiger partial charge in [-0.1, -0.05) is 19.8 Å². The number of anilines is 1. The molecule has 1 aliphatic rings. The van der Waals surface area contributed by atoms with E-state index < -0.39 is 0 Å². The molecule has 2 rings (SSSR count). The first kappa shape index (κ1) is 11.6. The van der Waals surface area contributed by atoms with Crippen molar-refractivity contribution in [1.29, 1.82) is 0 Å². The molecule has 1 aliphatic carbocycles. The molecule has 0 amide bonds. The van der Waals surface area contributed by atoms with Gasteiger partial charge in [0, 0.05) is 21.1 Å². The average molecular weight is 282 g/mol. The monoisotopic (exact) mass is 281 g/mol. The van der Waals surface area contributed by atoms with Crippen molar-refractivity contribution >= 4 is 27.4 Å². The number of Topliss-reactive ketones (excluding diaryl/α,β-unsaturated/α-hetero) is 1. The number of ketones is 1. The summed E-state index contributed by atoms with van der Waals surface area (Å²) < 4.78 is 0.811. The molecule has 2 N–H and O–H groups in total. The van der Waals surface area contributed by atoms with Crippen LogP contribution in [-0.2, 0) is 0 Å². The lowest BCUT2D eigenvalue weighted by atomic mass is 9.81. The summed E-state index contributed by atoms with van der Waals surface area (Å²) >= 11 is 3.42. The van der Waals surface area contributed by atoms with E-state index in [1.807, 2.05) is 6.07 Å². The molecular weight excluding hydrogens is 266 g/mol. The first-order valence-corrected chi connectivity index (χ1v) is 6.42. The lowest BCUT2D eigenvalue weighted by Crippen LogP contribution is -2.24. The highest BCUT2D eigenvalue weighted by molar-refractivity contribution is 9.10. The van der Waals surface area contributed by atoms with Crippen LogP contribution in [0.25, 0.3) is 0 Å². The van der Waals surface area contributed by atoms with Gasteiger partial charge in [0.1, 0.15) is 0 Å². The highest BCUT2D eigenvalue weighted by Gasteiger charge is 2.37. The minimum Gasteiger partial charge on any atom is -0.399 e. The zero-order chi connectivity index (χ0) is 11.8. The Morgan fingerprint density at radius 2 is 2.00 bits per heavy atom. The Morgan fingerprint density at radius 1 is 1.38 bits per heavy atom. The lowest BCUT2D eigenvalue weighted by Gasteiger charge is -2.22. The maximum Gasteiger partial charge on any atom is 0.169 e. The predicted molar refractivity (Wildman–Crippen MR) is 69.5 cm³/mol. The second-order valence-electron chi connectivity index (χ2n) is 4.84. The van der Waals surface area contributed by atoms with Gasteiger partial charge in [0.25, 0.3) is 0 Å². The SMILES string of the molecule is CC1(C(=O)c2ccc(N)cc2Br)CCCC1. The Bertz CT molecular complexity index is 422. The van der Waals surface area contributed by atoms with Crippen LogP contribution < -0.4 is 5.73 Å². The third-order valence-corrected chi connectivity index (χ3v) is 4.15. The first-order valence-electron chi connectivity index (χ1n) is 5.63. The molecule has 0 heterocycles. The summed E-state index contributed by atoms with van der Waals surface area (Å²) in [7, 11) is 0. The molecule has 0 saturated heterocycles. The predicted octanol–water partition coefficient (Wildman–Crippen LogP) is 3.79. The van der Waals surface area contributed by atoms with Crippen LogP contribution in [0.3, 0.4) is 0 Å². The molecule has 3 heteroatoms. The molecule has 16 heavy (non-hydrogen) atoms. The smallest absolute Gasteiger partial charge is 0.169 e. The Labute approximate surface area is 104 Å². The minimum absolute atomic E-state index is 0.168. The van der Waals surface area contributed by atoms with Gasteiger partial charge in [-0.15, -0.1) is 0 Å². The van der Waals surface area contributed by atoms with Gasteiger partial charge in [-0.25, -0.2) is 0 Å². The van der Waals surface area contributed by atoms with Gasteiger partial charge in [0.05, 0.1) is 0 Å². The maximum absolute atomic E-state index is 12.4. The molecule has 0 atom stereocenters. The summed E-state index contributed by atoms with van der Waals surface area (Å²) in [6.45, 7) is 2.07. The van der Waals surface area contributed by atoms with E-state index in [-0.39, 0.29) is 11.2 Å². The summed E-state index contributed by atoms with van der Waals surface area (Å²) in [6, 6.07) is 5.41. The van der Waals surface area contributed by atoms with Gasteiger partial charge >= 0.3 is 0 Å². The summed E-state index contributed by atoms with van der Waals surface area (Å²) in [5.41, 5.74) is 6.95. The van der Waals surface area contributed by atoms with Crippen LogP contribution in [0.5, 0.6) is 0 Å². The van der Waals surface area contributed by atoms with Gasteiger partial charge in [-0.2, -0.15) is 0 Å². The molecule has 0 spiro atoms. The average Bonchev–Trinajstić information content (AvgIpc) is 2.66. The molecule has 0 aromatic heterocycles. The van der Waals surface area contributed by atoms with Crippen LogP contribution in [0, 0.1) is 5.41 Å². The Morgan fingerprint density at radius 3 is 2.56 bits per heavy atom. The number of carbonyl (C=O) groups excluding carboxylic acids is 1. The standard InChI is InChI=1S/C13H16BrNO/c1-13(6-2-3-7-13)12(16)10-5-4-9(15)8-11(10)14/h4-5,8H,2-3,6-7,15H2,1H3. The molecule has 1 aromatic rings. The van der Waals surface area contributed by atoms with Crippen molar-refractivity contribution in [1.82, 2.24) is 0 Å². The van der Waals surface area contributed by atoms with E-state index in [4.69, 9.17) is 5.73 Å². The normalized spacial score (nSPS) is 18.6. The zero-order valence-corrected chi connectivity index (χ0v) is 11.0. The number of nitrogens with two attached hydrogens (primary N) is 1. The number of halogens is 1. The van der Waals surface area contributed by atoms with Gasteiger partial charge in [-0.05, 0) is 47.0 Å². The second-order valence-corrected chi connectivity index (χ2v) is 5.69. The van der Waals surface area contributed by atoms with Crippen molar-refractivity contribution in [3.63, 3.8) is 0 Å². The van der Waals surface area contributed by atoms with Crippen LogP contribution in [0.4, 0.5) is 5.69 Å². The molecule has 0 aliphatic heterocycles. The highest BCUT2D eigenvalue weighted by atomic mass is 79.9. The molecule has 2 nitrogen and oxygen atoms in total. The van der Waals surface area contributed by atoms with E-state index >= 15 is 0 Å². The molecular formula is C13H16BrNO. The van der Waals surface area contributed by atoms with Crippen LogP contribution in [-0.4, -0.2) is 5.78 Å². The molecule has 1 fully saturated rings. The fraction of sp³-hybridized carbons (Fsp3) is 0.462. The van der Waals surface area contributed by atoms with Crippen LogP contribution in [0.15, 0.2) is 22.7 Å². The lowest BCUT2D eigenvalue weighted by molar-refractivity contribution is 0.0822. The fourth-order valence-electron chi connectivity index (χ4n) is 2.42. The number of benzene rings is 1. The zero-order valence-electron chi connectivity index (χ0n) is 9.42.